The van der Waals surface area contributed by atoms with Crippen LogP contribution in [-0.4, -0.2) is 12.1 Å². The maximum atomic E-state index is 13.6. The monoisotopic (exact) mass is 205 g/mol. The van der Waals surface area contributed by atoms with E-state index in [1.165, 1.54) is 18.4 Å². The molecule has 2 aliphatic rings. The fourth-order valence-corrected chi connectivity index (χ4v) is 2.47. The van der Waals surface area contributed by atoms with Crippen LogP contribution in [0.4, 0.5) is 4.39 Å². The zero-order valence-corrected chi connectivity index (χ0v) is 8.80. The van der Waals surface area contributed by atoms with Crippen LogP contribution in [0.5, 0.6) is 0 Å². The van der Waals surface area contributed by atoms with Crippen molar-refractivity contribution in [3.63, 3.8) is 0 Å². The minimum absolute atomic E-state index is 0.0187. The summed E-state index contributed by atoms with van der Waals surface area (Å²) in [5.41, 5.74) is 2.16. The number of hydrogen-bond acceptors (Lipinski definition) is 1. The standard InChI is InChI=1S/C13H16FN/c14-13-3-1-2-9-4-5-11(8-12(9)13)15-10-6-7-10/h1-3,10-11,15H,4-8H2. The van der Waals surface area contributed by atoms with Crippen molar-refractivity contribution in [2.24, 2.45) is 0 Å². The molecule has 1 nitrogen and oxygen atoms in total. The SMILES string of the molecule is Fc1cccc2c1CC(NC1CC1)CC2. The van der Waals surface area contributed by atoms with E-state index in [0.717, 1.165) is 30.9 Å². The molecule has 0 saturated heterocycles. The molecule has 1 fully saturated rings. The fourth-order valence-electron chi connectivity index (χ4n) is 2.47. The molecule has 1 aromatic rings. The van der Waals surface area contributed by atoms with Crippen molar-refractivity contribution >= 4 is 0 Å². The largest absolute Gasteiger partial charge is 0.311 e. The summed E-state index contributed by atoms with van der Waals surface area (Å²) in [7, 11) is 0. The molecule has 0 bridgehead atoms. The molecule has 1 unspecified atom stereocenters. The van der Waals surface area contributed by atoms with E-state index in [0.29, 0.717) is 6.04 Å². The zero-order valence-electron chi connectivity index (χ0n) is 8.80. The molecule has 1 saturated carbocycles. The molecule has 1 N–H and O–H groups in total. The van der Waals surface area contributed by atoms with Crippen LogP contribution >= 0.6 is 0 Å². The summed E-state index contributed by atoms with van der Waals surface area (Å²) in [5, 5.41) is 3.59. The van der Waals surface area contributed by atoms with Crippen LogP contribution in [0.15, 0.2) is 18.2 Å². The fraction of sp³-hybridized carbons (Fsp3) is 0.538. The van der Waals surface area contributed by atoms with E-state index in [-0.39, 0.29) is 5.82 Å². The molecule has 1 atom stereocenters. The molecule has 2 heteroatoms. The number of nitrogens with one attached hydrogen (secondary N) is 1. The van der Waals surface area contributed by atoms with Crippen LogP contribution in [0.25, 0.3) is 0 Å². The highest BCUT2D eigenvalue weighted by Crippen LogP contribution is 2.27. The van der Waals surface area contributed by atoms with Crippen molar-refractivity contribution in [1.82, 2.24) is 5.32 Å². The number of benzene rings is 1. The van der Waals surface area contributed by atoms with Crippen LogP contribution < -0.4 is 5.32 Å². The van der Waals surface area contributed by atoms with E-state index in [9.17, 15) is 4.39 Å². The maximum absolute atomic E-state index is 13.6. The van der Waals surface area contributed by atoms with Gasteiger partial charge in [-0.1, -0.05) is 12.1 Å². The van der Waals surface area contributed by atoms with Gasteiger partial charge in [0.1, 0.15) is 5.82 Å². The van der Waals surface area contributed by atoms with E-state index >= 15 is 0 Å². The van der Waals surface area contributed by atoms with Crippen molar-refractivity contribution in [2.45, 2.75) is 44.2 Å². The Labute approximate surface area is 89.7 Å². The van der Waals surface area contributed by atoms with Crippen molar-refractivity contribution in [3.8, 4) is 0 Å². The van der Waals surface area contributed by atoms with Crippen molar-refractivity contribution < 1.29 is 4.39 Å². The van der Waals surface area contributed by atoms with Gasteiger partial charge in [0, 0.05) is 12.1 Å². The highest BCUT2D eigenvalue weighted by Gasteiger charge is 2.27. The summed E-state index contributed by atoms with van der Waals surface area (Å²) >= 11 is 0. The number of halogens is 1. The first-order valence-electron chi connectivity index (χ1n) is 5.85. The van der Waals surface area contributed by atoms with Gasteiger partial charge in [-0.2, -0.15) is 0 Å². The molecule has 0 aromatic heterocycles. The lowest BCUT2D eigenvalue weighted by Gasteiger charge is -2.25. The molecule has 0 heterocycles. The van der Waals surface area contributed by atoms with Gasteiger partial charge in [0.05, 0.1) is 0 Å². The smallest absolute Gasteiger partial charge is 0.126 e. The zero-order chi connectivity index (χ0) is 10.3. The lowest BCUT2D eigenvalue weighted by Crippen LogP contribution is -2.36. The van der Waals surface area contributed by atoms with Crippen molar-refractivity contribution in [1.29, 1.82) is 0 Å². The number of hydrogen-bond donors (Lipinski definition) is 1. The molecule has 0 spiro atoms. The topological polar surface area (TPSA) is 12.0 Å². The third-order valence-corrected chi connectivity index (χ3v) is 3.48. The third-order valence-electron chi connectivity index (χ3n) is 3.48. The Kier molecular flexibility index (Phi) is 2.24. The predicted octanol–water partition coefficient (Wildman–Crippen LogP) is 2.44. The van der Waals surface area contributed by atoms with Crippen LogP contribution in [0.1, 0.15) is 30.4 Å². The minimum Gasteiger partial charge on any atom is -0.311 e. The van der Waals surface area contributed by atoms with E-state index in [1.807, 2.05) is 6.07 Å². The molecule has 3 rings (SSSR count). The van der Waals surface area contributed by atoms with Gasteiger partial charge in [-0.25, -0.2) is 4.39 Å². The normalized spacial score (nSPS) is 25.0. The number of aryl methyl sites for hydroxylation is 1. The third kappa shape index (κ3) is 1.91. The lowest BCUT2D eigenvalue weighted by molar-refractivity contribution is 0.443. The second-order valence-electron chi connectivity index (χ2n) is 4.76. The quantitative estimate of drug-likeness (QED) is 0.782. The van der Waals surface area contributed by atoms with E-state index in [1.54, 1.807) is 6.07 Å². The van der Waals surface area contributed by atoms with Gasteiger partial charge in [-0.3, -0.25) is 0 Å². The summed E-state index contributed by atoms with van der Waals surface area (Å²) in [4.78, 5) is 0. The van der Waals surface area contributed by atoms with Crippen LogP contribution in [0.3, 0.4) is 0 Å². The van der Waals surface area contributed by atoms with E-state index in [4.69, 9.17) is 0 Å². The number of rotatable bonds is 2. The Bertz CT molecular complexity index is 371. The summed E-state index contributed by atoms with van der Waals surface area (Å²) in [5.74, 6) is -0.0187. The van der Waals surface area contributed by atoms with Gasteiger partial charge >= 0.3 is 0 Å². The molecule has 80 valence electrons. The van der Waals surface area contributed by atoms with Crippen molar-refractivity contribution in [2.75, 3.05) is 0 Å². The highest BCUT2D eigenvalue weighted by atomic mass is 19.1. The second-order valence-corrected chi connectivity index (χ2v) is 4.76. The van der Waals surface area contributed by atoms with E-state index in [2.05, 4.69) is 11.4 Å². The Morgan fingerprint density at radius 1 is 1.13 bits per heavy atom. The van der Waals surface area contributed by atoms with Crippen LogP contribution in [0.2, 0.25) is 0 Å². The summed E-state index contributed by atoms with van der Waals surface area (Å²) in [6.45, 7) is 0. The van der Waals surface area contributed by atoms with Gasteiger partial charge in [0.25, 0.3) is 0 Å². The van der Waals surface area contributed by atoms with Crippen LogP contribution in [-0.2, 0) is 12.8 Å². The Morgan fingerprint density at radius 3 is 2.80 bits per heavy atom. The number of fused-ring (bicyclic) bond motifs is 1. The average molecular weight is 205 g/mol. The first kappa shape index (κ1) is 9.34. The van der Waals surface area contributed by atoms with Gasteiger partial charge in [-0.15, -0.1) is 0 Å². The maximum Gasteiger partial charge on any atom is 0.126 e. The van der Waals surface area contributed by atoms with Crippen LogP contribution in [0, 0.1) is 5.82 Å². The molecular weight excluding hydrogens is 189 g/mol. The average Bonchev–Trinajstić information content (AvgIpc) is 3.03. The van der Waals surface area contributed by atoms with Gasteiger partial charge in [0.2, 0.25) is 0 Å². The minimum atomic E-state index is -0.0187. The summed E-state index contributed by atoms with van der Waals surface area (Å²) in [6.07, 6.45) is 5.67. The second kappa shape index (κ2) is 3.60. The summed E-state index contributed by atoms with van der Waals surface area (Å²) < 4.78 is 13.6. The van der Waals surface area contributed by atoms with Crippen molar-refractivity contribution in [3.05, 3.63) is 35.1 Å². The predicted molar refractivity (Wildman–Crippen MR) is 58.4 cm³/mol. The Morgan fingerprint density at radius 2 is 2.00 bits per heavy atom. The molecule has 1 aromatic carbocycles. The molecule has 0 amide bonds. The summed E-state index contributed by atoms with van der Waals surface area (Å²) in [6, 6.07) is 6.69. The van der Waals surface area contributed by atoms with Gasteiger partial charge in [-0.05, 0) is 49.3 Å². The highest BCUT2D eigenvalue weighted by molar-refractivity contribution is 5.32. The van der Waals surface area contributed by atoms with E-state index < -0.39 is 0 Å². The lowest BCUT2D eigenvalue weighted by atomic mass is 9.88. The molecule has 2 aliphatic carbocycles. The molecule has 0 radical (unpaired) electrons. The molecule has 15 heavy (non-hydrogen) atoms. The molecular formula is C13H16FN. The Hall–Kier alpha value is -0.890. The van der Waals surface area contributed by atoms with Gasteiger partial charge in [0.15, 0.2) is 0 Å². The first-order chi connectivity index (χ1) is 7.33. The molecule has 0 aliphatic heterocycles. The van der Waals surface area contributed by atoms with Gasteiger partial charge < -0.3 is 5.32 Å². The Balaban J connectivity index is 1.78. The first-order valence-corrected chi connectivity index (χ1v) is 5.85.